The molecule has 0 aliphatic carbocycles. The van der Waals surface area contributed by atoms with Crippen molar-refractivity contribution >= 4 is 5.97 Å². The smallest absolute Gasteiger partial charge is 0.313 e. The highest BCUT2D eigenvalue weighted by molar-refractivity contribution is 5.77. The molecule has 0 amide bonds. The van der Waals surface area contributed by atoms with Gasteiger partial charge in [0.15, 0.2) is 0 Å². The van der Waals surface area contributed by atoms with Gasteiger partial charge in [-0.25, -0.2) is 0 Å². The quantitative estimate of drug-likeness (QED) is 0.521. The van der Waals surface area contributed by atoms with Crippen LogP contribution in [-0.2, 0) is 14.3 Å². The maximum Gasteiger partial charge on any atom is 0.313 e. The summed E-state index contributed by atoms with van der Waals surface area (Å²) in [5, 5.41) is 3.26. The summed E-state index contributed by atoms with van der Waals surface area (Å²) >= 11 is 0. The first-order chi connectivity index (χ1) is 8.25. The Bertz CT molecular complexity index is 225. The predicted octanol–water partition coefficient (Wildman–Crippen LogP) is 1.74. The molecule has 0 radical (unpaired) electrons. The van der Waals surface area contributed by atoms with Crippen molar-refractivity contribution in [2.45, 2.75) is 39.5 Å². The van der Waals surface area contributed by atoms with E-state index in [0.717, 1.165) is 45.4 Å². The number of ether oxygens (including phenoxy) is 2. The van der Waals surface area contributed by atoms with E-state index < -0.39 is 0 Å². The van der Waals surface area contributed by atoms with Crippen LogP contribution in [0.15, 0.2) is 0 Å². The molecule has 1 unspecified atom stereocenters. The number of carbonyl (C=O) groups excluding carboxylic acids is 1. The normalized spacial score (nSPS) is 23.9. The summed E-state index contributed by atoms with van der Waals surface area (Å²) in [6.45, 7) is 7.47. The third-order valence-electron chi connectivity index (χ3n) is 3.21. The van der Waals surface area contributed by atoms with Gasteiger partial charge in [-0.1, -0.05) is 20.3 Å². The summed E-state index contributed by atoms with van der Waals surface area (Å²) in [5.41, 5.74) is -0.278. The van der Waals surface area contributed by atoms with Gasteiger partial charge in [0.05, 0.1) is 12.0 Å². The first kappa shape index (κ1) is 14.5. The van der Waals surface area contributed by atoms with Crippen LogP contribution in [0, 0.1) is 5.41 Å². The molecular formula is C13H25NO3. The first-order valence-electron chi connectivity index (χ1n) is 6.71. The molecule has 4 heteroatoms. The largest absolute Gasteiger partial charge is 0.463 e. The van der Waals surface area contributed by atoms with E-state index in [2.05, 4.69) is 19.2 Å². The molecule has 0 aromatic heterocycles. The number of hydrogen-bond acceptors (Lipinski definition) is 4. The summed E-state index contributed by atoms with van der Waals surface area (Å²) in [7, 11) is 0. The summed E-state index contributed by atoms with van der Waals surface area (Å²) in [6, 6.07) is 0. The second-order valence-electron chi connectivity index (χ2n) is 4.71. The molecule has 1 heterocycles. The van der Waals surface area contributed by atoms with Crippen molar-refractivity contribution in [1.82, 2.24) is 5.32 Å². The number of carbonyl (C=O) groups is 1. The van der Waals surface area contributed by atoms with Crippen LogP contribution in [0.25, 0.3) is 0 Å². The Morgan fingerprint density at radius 2 is 2.06 bits per heavy atom. The maximum absolute atomic E-state index is 12.1. The van der Waals surface area contributed by atoms with E-state index in [0.29, 0.717) is 13.2 Å². The monoisotopic (exact) mass is 243 g/mol. The van der Waals surface area contributed by atoms with Gasteiger partial charge in [-0.3, -0.25) is 4.79 Å². The molecule has 1 aliphatic rings. The van der Waals surface area contributed by atoms with Crippen LogP contribution in [0.5, 0.6) is 0 Å². The van der Waals surface area contributed by atoms with Gasteiger partial charge in [0.1, 0.15) is 6.61 Å². The average Bonchev–Trinajstić information content (AvgIpc) is 2.79. The van der Waals surface area contributed by atoms with Crippen molar-refractivity contribution < 1.29 is 14.3 Å². The summed E-state index contributed by atoms with van der Waals surface area (Å²) in [6.07, 6.45) is 3.82. The molecule has 0 bridgehead atoms. The molecule has 0 spiro atoms. The van der Waals surface area contributed by atoms with Crippen molar-refractivity contribution in [3.63, 3.8) is 0 Å². The lowest BCUT2D eigenvalue weighted by Crippen LogP contribution is -2.35. The Labute approximate surface area is 104 Å². The van der Waals surface area contributed by atoms with Gasteiger partial charge < -0.3 is 14.8 Å². The SMILES string of the molecule is CCCOCCOC(=O)C1(CCC)CCNC1. The highest BCUT2D eigenvalue weighted by atomic mass is 16.6. The molecule has 100 valence electrons. The fraction of sp³-hybridized carbons (Fsp3) is 0.923. The molecular weight excluding hydrogens is 218 g/mol. The zero-order valence-electron chi connectivity index (χ0n) is 11.1. The highest BCUT2D eigenvalue weighted by Gasteiger charge is 2.41. The fourth-order valence-corrected chi connectivity index (χ4v) is 2.30. The van der Waals surface area contributed by atoms with Gasteiger partial charge in [0.25, 0.3) is 0 Å². The van der Waals surface area contributed by atoms with Crippen molar-refractivity contribution in [3.05, 3.63) is 0 Å². The van der Waals surface area contributed by atoms with Gasteiger partial charge in [0.2, 0.25) is 0 Å². The Morgan fingerprint density at radius 1 is 1.24 bits per heavy atom. The lowest BCUT2D eigenvalue weighted by Gasteiger charge is -2.25. The lowest BCUT2D eigenvalue weighted by atomic mass is 9.83. The Kier molecular flexibility index (Phi) is 6.52. The van der Waals surface area contributed by atoms with Crippen molar-refractivity contribution in [1.29, 1.82) is 0 Å². The van der Waals surface area contributed by atoms with Crippen LogP contribution in [0.2, 0.25) is 0 Å². The second-order valence-corrected chi connectivity index (χ2v) is 4.71. The van der Waals surface area contributed by atoms with Gasteiger partial charge in [-0.05, 0) is 25.8 Å². The molecule has 1 atom stereocenters. The van der Waals surface area contributed by atoms with Gasteiger partial charge in [-0.15, -0.1) is 0 Å². The number of nitrogens with one attached hydrogen (secondary N) is 1. The zero-order valence-corrected chi connectivity index (χ0v) is 11.1. The van der Waals surface area contributed by atoms with E-state index in [9.17, 15) is 4.79 Å². The first-order valence-corrected chi connectivity index (χ1v) is 6.71. The topological polar surface area (TPSA) is 47.6 Å². The van der Waals surface area contributed by atoms with Gasteiger partial charge in [0, 0.05) is 13.2 Å². The molecule has 1 fully saturated rings. The minimum atomic E-state index is -0.278. The summed E-state index contributed by atoms with van der Waals surface area (Å²) < 4.78 is 10.6. The van der Waals surface area contributed by atoms with Crippen LogP contribution in [0.1, 0.15) is 39.5 Å². The van der Waals surface area contributed by atoms with Crippen LogP contribution in [-0.4, -0.2) is 38.9 Å². The predicted molar refractivity (Wildman–Crippen MR) is 66.9 cm³/mol. The zero-order chi connectivity index (χ0) is 12.6. The van der Waals surface area contributed by atoms with Crippen LogP contribution in [0.3, 0.4) is 0 Å². The molecule has 0 aromatic carbocycles. The van der Waals surface area contributed by atoms with Crippen LogP contribution >= 0.6 is 0 Å². The lowest BCUT2D eigenvalue weighted by molar-refractivity contribution is -0.156. The number of rotatable bonds is 8. The molecule has 4 nitrogen and oxygen atoms in total. The molecule has 1 rings (SSSR count). The van der Waals surface area contributed by atoms with Crippen molar-refractivity contribution in [2.75, 3.05) is 32.9 Å². The fourth-order valence-electron chi connectivity index (χ4n) is 2.30. The Balaban J connectivity index is 2.28. The molecule has 17 heavy (non-hydrogen) atoms. The van der Waals surface area contributed by atoms with Crippen molar-refractivity contribution in [3.8, 4) is 0 Å². The van der Waals surface area contributed by atoms with E-state index in [1.807, 2.05) is 0 Å². The molecule has 0 aromatic rings. The van der Waals surface area contributed by atoms with E-state index >= 15 is 0 Å². The molecule has 0 saturated carbocycles. The van der Waals surface area contributed by atoms with Gasteiger partial charge >= 0.3 is 5.97 Å². The number of hydrogen-bond donors (Lipinski definition) is 1. The van der Waals surface area contributed by atoms with Crippen LogP contribution in [0.4, 0.5) is 0 Å². The van der Waals surface area contributed by atoms with Crippen molar-refractivity contribution in [2.24, 2.45) is 5.41 Å². The van der Waals surface area contributed by atoms with Crippen LogP contribution < -0.4 is 5.32 Å². The third kappa shape index (κ3) is 4.28. The average molecular weight is 243 g/mol. The van der Waals surface area contributed by atoms with E-state index in [1.165, 1.54) is 0 Å². The van der Waals surface area contributed by atoms with E-state index in [1.54, 1.807) is 0 Å². The summed E-state index contributed by atoms with van der Waals surface area (Å²) in [4.78, 5) is 12.1. The van der Waals surface area contributed by atoms with E-state index in [4.69, 9.17) is 9.47 Å². The van der Waals surface area contributed by atoms with Gasteiger partial charge in [-0.2, -0.15) is 0 Å². The minimum absolute atomic E-state index is 0.0514. The van der Waals surface area contributed by atoms with E-state index in [-0.39, 0.29) is 11.4 Å². The highest BCUT2D eigenvalue weighted by Crippen LogP contribution is 2.32. The number of esters is 1. The molecule has 1 saturated heterocycles. The summed E-state index contributed by atoms with van der Waals surface area (Å²) in [5.74, 6) is -0.0514. The second kappa shape index (κ2) is 7.67. The third-order valence-corrected chi connectivity index (χ3v) is 3.21. The Hall–Kier alpha value is -0.610. The molecule has 1 aliphatic heterocycles. The maximum atomic E-state index is 12.1. The standard InChI is InChI=1S/C13H25NO3/c1-3-5-13(6-7-14-11-13)12(15)17-10-9-16-8-4-2/h14H,3-11H2,1-2H3. The molecule has 1 N–H and O–H groups in total. The minimum Gasteiger partial charge on any atom is -0.463 e. The Morgan fingerprint density at radius 3 is 2.65 bits per heavy atom.